The molecule has 12 heteroatoms. The molecule has 1 aliphatic heterocycles. The van der Waals surface area contributed by atoms with Crippen molar-refractivity contribution in [1.29, 1.82) is 0 Å². The van der Waals surface area contributed by atoms with E-state index < -0.39 is 27.1 Å². The van der Waals surface area contributed by atoms with Crippen molar-refractivity contribution < 1.29 is 17.6 Å². The number of hydrogen-bond acceptors (Lipinski definition) is 9. The van der Waals surface area contributed by atoms with E-state index in [-0.39, 0.29) is 0 Å². The third-order valence-electron chi connectivity index (χ3n) is 6.12. The number of hydrogen-bond donors (Lipinski definition) is 2. The van der Waals surface area contributed by atoms with E-state index in [2.05, 4.69) is 31.5 Å². The molecule has 1 fully saturated rings. The van der Waals surface area contributed by atoms with Crippen molar-refractivity contribution in [3.8, 4) is 11.5 Å². The molecule has 2 N–H and O–H groups in total. The molecule has 1 atom stereocenters. The predicted molar refractivity (Wildman–Crippen MR) is 143 cm³/mol. The van der Waals surface area contributed by atoms with Crippen molar-refractivity contribution >= 4 is 50.4 Å². The highest BCUT2D eigenvalue weighted by atomic mass is 35.5. The summed E-state index contributed by atoms with van der Waals surface area (Å²) in [6, 6.07) is 5.19. The number of anilines is 2. The van der Waals surface area contributed by atoms with Gasteiger partial charge in [0.05, 0.1) is 21.8 Å². The second-order valence-corrected chi connectivity index (χ2v) is 11.9. The fourth-order valence-electron chi connectivity index (χ4n) is 4.13. The minimum Gasteiger partial charge on any atom is -0.441 e. The van der Waals surface area contributed by atoms with Gasteiger partial charge in [-0.05, 0) is 31.0 Å². The van der Waals surface area contributed by atoms with E-state index in [0.717, 1.165) is 40.6 Å². The lowest BCUT2D eigenvalue weighted by molar-refractivity contribution is -0.123. The smallest absolute Gasteiger partial charge is 0.246 e. The summed E-state index contributed by atoms with van der Waals surface area (Å²) in [5.41, 5.74) is 1.59. The number of nitrogens with zero attached hydrogens (tertiary/aromatic N) is 3. The lowest BCUT2D eigenvalue weighted by Crippen LogP contribution is -2.43. The maximum absolute atomic E-state index is 12.9. The molecule has 0 radical (unpaired) electrons. The van der Waals surface area contributed by atoms with Gasteiger partial charge in [-0.15, -0.1) is 17.9 Å². The van der Waals surface area contributed by atoms with Gasteiger partial charge >= 0.3 is 0 Å². The number of rotatable bonds is 9. The third-order valence-corrected chi connectivity index (χ3v) is 9.18. The van der Waals surface area contributed by atoms with Gasteiger partial charge in [0, 0.05) is 43.5 Å². The zero-order valence-electron chi connectivity index (χ0n) is 20.0. The number of amides is 1. The Morgan fingerprint density at radius 3 is 2.67 bits per heavy atom. The molecule has 0 spiro atoms. The Morgan fingerprint density at radius 2 is 2.08 bits per heavy atom. The second kappa shape index (κ2) is 11.0. The van der Waals surface area contributed by atoms with E-state index in [0.29, 0.717) is 41.0 Å². The summed E-state index contributed by atoms with van der Waals surface area (Å²) in [6.07, 6.45) is 6.49. The lowest BCUT2D eigenvalue weighted by Gasteiger charge is -2.33. The molecule has 0 aliphatic carbocycles. The molecular weight excluding hydrogens is 522 g/mol. The number of sulfonamides is 1. The topological polar surface area (TPSA) is 117 Å². The van der Waals surface area contributed by atoms with Crippen molar-refractivity contribution in [2.75, 3.05) is 30.4 Å². The molecule has 1 amide bonds. The number of thiophene rings is 1. The van der Waals surface area contributed by atoms with Gasteiger partial charge in [-0.3, -0.25) is 9.52 Å². The van der Waals surface area contributed by atoms with E-state index in [1.54, 1.807) is 24.5 Å². The quantitative estimate of drug-likeness (QED) is 0.370. The first-order chi connectivity index (χ1) is 17.2. The first-order valence-corrected chi connectivity index (χ1v) is 14.3. The molecule has 0 saturated carbocycles. The highest BCUT2D eigenvalue weighted by molar-refractivity contribution is 7.90. The molecule has 36 heavy (non-hydrogen) atoms. The molecule has 1 saturated heterocycles. The monoisotopic (exact) mass is 549 g/mol. The number of aryl methyl sites for hydroxylation is 1. The van der Waals surface area contributed by atoms with Crippen LogP contribution in [0.25, 0.3) is 11.5 Å². The summed E-state index contributed by atoms with van der Waals surface area (Å²) in [7, 11) is -2.17. The number of piperidine rings is 1. The molecule has 9 nitrogen and oxygen atoms in total. The van der Waals surface area contributed by atoms with Crippen molar-refractivity contribution in [1.82, 2.24) is 14.7 Å². The third kappa shape index (κ3) is 5.58. The minimum atomic E-state index is -3.99. The summed E-state index contributed by atoms with van der Waals surface area (Å²) in [6.45, 7) is 6.75. The van der Waals surface area contributed by atoms with Crippen LogP contribution in [-0.4, -0.2) is 44.4 Å². The fourth-order valence-corrected chi connectivity index (χ4v) is 6.91. The summed E-state index contributed by atoms with van der Waals surface area (Å²) in [5.74, 6) is 1.15. The Kier molecular flexibility index (Phi) is 8.01. The fraction of sp³-hybridized carbons (Fsp3) is 0.375. The first-order valence-electron chi connectivity index (χ1n) is 11.6. The number of carbonyl (C=O) groups is 1. The average Bonchev–Trinajstić information content (AvgIpc) is 3.53. The number of nitrogens with one attached hydrogen (secondary N) is 2. The van der Waals surface area contributed by atoms with Crippen LogP contribution in [0, 0.1) is 5.92 Å². The highest BCUT2D eigenvalue weighted by Crippen LogP contribution is 2.34. The van der Waals surface area contributed by atoms with Crippen molar-refractivity contribution in [2.24, 2.45) is 5.92 Å². The first kappa shape index (κ1) is 26.2. The van der Waals surface area contributed by atoms with Gasteiger partial charge in [0.25, 0.3) is 0 Å². The maximum atomic E-state index is 12.9. The van der Waals surface area contributed by atoms with Crippen molar-refractivity contribution in [3.05, 3.63) is 58.2 Å². The van der Waals surface area contributed by atoms with Gasteiger partial charge in [0.2, 0.25) is 21.8 Å². The maximum Gasteiger partial charge on any atom is 0.246 e. The van der Waals surface area contributed by atoms with E-state index in [1.807, 2.05) is 20.0 Å². The molecule has 3 aromatic heterocycles. The summed E-state index contributed by atoms with van der Waals surface area (Å²) in [4.78, 5) is 24.4. The number of halogens is 1. The molecule has 192 valence electrons. The summed E-state index contributed by atoms with van der Waals surface area (Å²) >= 11 is 7.10. The van der Waals surface area contributed by atoms with Gasteiger partial charge in [0.1, 0.15) is 11.0 Å². The zero-order valence-corrected chi connectivity index (χ0v) is 22.4. The van der Waals surface area contributed by atoms with Crippen LogP contribution in [0.2, 0.25) is 4.34 Å². The predicted octanol–water partition coefficient (Wildman–Crippen LogP) is 4.65. The molecule has 4 heterocycles. The van der Waals surface area contributed by atoms with Crippen LogP contribution in [0.3, 0.4) is 0 Å². The zero-order chi connectivity index (χ0) is 25.9. The Morgan fingerprint density at radius 1 is 1.33 bits per heavy atom. The largest absolute Gasteiger partial charge is 0.441 e. The highest BCUT2D eigenvalue weighted by Gasteiger charge is 2.33. The molecule has 0 bridgehead atoms. The van der Waals surface area contributed by atoms with E-state index in [4.69, 9.17) is 16.0 Å². The number of oxazole rings is 1. The average molecular weight is 550 g/mol. The van der Waals surface area contributed by atoms with Crippen LogP contribution in [0.4, 0.5) is 11.5 Å². The Bertz CT molecular complexity index is 1350. The molecule has 3 aromatic rings. The van der Waals surface area contributed by atoms with Crippen LogP contribution >= 0.6 is 22.9 Å². The van der Waals surface area contributed by atoms with Crippen molar-refractivity contribution in [2.45, 2.75) is 31.4 Å². The van der Waals surface area contributed by atoms with Gasteiger partial charge in [-0.1, -0.05) is 24.6 Å². The SMILES string of the molecule is C=CC(c1ccc(Cl)s1)S(=O)(=O)NC(=O)C1CCN(c2ncc(-c3ncc(CC)o3)cc2NC)CC1. The van der Waals surface area contributed by atoms with Gasteiger partial charge < -0.3 is 14.6 Å². The molecular formula is C24H28ClN5O4S2. The lowest BCUT2D eigenvalue weighted by atomic mass is 9.96. The summed E-state index contributed by atoms with van der Waals surface area (Å²) < 4.78 is 34.2. The number of carbonyl (C=O) groups excluding carboxylic acids is 1. The van der Waals surface area contributed by atoms with Crippen LogP contribution < -0.4 is 14.9 Å². The van der Waals surface area contributed by atoms with E-state index >= 15 is 0 Å². The van der Waals surface area contributed by atoms with Crippen LogP contribution in [0.1, 0.15) is 35.7 Å². The Hall–Kier alpha value is -2.89. The van der Waals surface area contributed by atoms with Gasteiger partial charge in [-0.2, -0.15) is 0 Å². The Labute approximate surface area is 219 Å². The molecule has 1 aliphatic rings. The second-order valence-electron chi connectivity index (χ2n) is 8.40. The summed E-state index contributed by atoms with van der Waals surface area (Å²) in [5, 5.41) is 2.13. The molecule has 1 unspecified atom stereocenters. The van der Waals surface area contributed by atoms with Gasteiger partial charge in [-0.25, -0.2) is 18.4 Å². The number of aromatic nitrogens is 2. The van der Waals surface area contributed by atoms with E-state index in [1.165, 1.54) is 6.08 Å². The normalized spacial score (nSPS) is 15.5. The van der Waals surface area contributed by atoms with E-state index in [9.17, 15) is 13.2 Å². The van der Waals surface area contributed by atoms with Crippen LogP contribution in [-0.2, 0) is 21.2 Å². The molecule has 0 aromatic carbocycles. The van der Waals surface area contributed by atoms with Crippen LogP contribution in [0.15, 0.2) is 47.7 Å². The number of pyridine rings is 1. The molecule has 4 rings (SSSR count). The Balaban J connectivity index is 1.41. The minimum absolute atomic E-state index is 0.425. The standard InChI is InChI=1S/C24H28ClN5O4S2/c1-4-17-14-28-24(34-17)16-12-18(26-3)22(27-13-16)30-10-8-15(9-11-30)23(31)29-36(32,33)20(5-2)19-6-7-21(25)35-19/h5-7,12-15,20,26H,2,4,8-11H2,1,3H3,(H,29,31). The van der Waals surface area contributed by atoms with Gasteiger partial charge in [0.15, 0.2) is 5.82 Å². The van der Waals surface area contributed by atoms with Crippen LogP contribution in [0.5, 0.6) is 0 Å². The van der Waals surface area contributed by atoms with Crippen molar-refractivity contribution in [3.63, 3.8) is 0 Å².